The Bertz CT molecular complexity index is 339. The van der Waals surface area contributed by atoms with Crippen molar-refractivity contribution in [3.8, 4) is 0 Å². The standard InChI is InChI=1S/C8H9BN2O3/c1-14-8(10)6-2-4-7(5-3-6)9(12)11-13/h2-5,10,12H,1H3. The first-order valence-electron chi connectivity index (χ1n) is 3.92. The van der Waals surface area contributed by atoms with E-state index < -0.39 is 7.05 Å². The molecule has 0 saturated carbocycles. The fourth-order valence-corrected chi connectivity index (χ4v) is 0.985. The van der Waals surface area contributed by atoms with Crippen LogP contribution in [0.15, 0.2) is 29.4 Å². The van der Waals surface area contributed by atoms with Gasteiger partial charge >= 0.3 is 7.05 Å². The number of nitrogens with one attached hydrogen (secondary N) is 1. The molecule has 0 saturated heterocycles. The lowest BCUT2D eigenvalue weighted by Gasteiger charge is -2.03. The van der Waals surface area contributed by atoms with E-state index in [0.717, 1.165) is 0 Å². The van der Waals surface area contributed by atoms with Crippen molar-refractivity contribution >= 4 is 18.4 Å². The summed E-state index contributed by atoms with van der Waals surface area (Å²) in [5.41, 5.74) is 0.974. The molecule has 6 heteroatoms. The third-order valence-corrected chi connectivity index (χ3v) is 1.77. The van der Waals surface area contributed by atoms with Crippen molar-refractivity contribution in [2.24, 2.45) is 5.09 Å². The van der Waals surface area contributed by atoms with Crippen LogP contribution < -0.4 is 5.46 Å². The summed E-state index contributed by atoms with van der Waals surface area (Å²) in [4.78, 5) is 10.0. The molecular formula is C8H9BN2O3. The van der Waals surface area contributed by atoms with Crippen molar-refractivity contribution in [1.29, 1.82) is 5.41 Å². The number of nitrogens with zero attached hydrogens (tertiary/aromatic N) is 1. The number of hydrogen-bond acceptors (Lipinski definition) is 5. The summed E-state index contributed by atoms with van der Waals surface area (Å²) in [6.45, 7) is 0. The molecule has 0 fully saturated rings. The summed E-state index contributed by atoms with van der Waals surface area (Å²) in [6, 6.07) is 6.20. The molecule has 0 aliphatic heterocycles. The minimum absolute atomic E-state index is 0.0325. The average molecular weight is 192 g/mol. The third kappa shape index (κ3) is 2.17. The Morgan fingerprint density at radius 1 is 1.50 bits per heavy atom. The summed E-state index contributed by atoms with van der Waals surface area (Å²) in [5.74, 6) is 0.0325. The number of rotatable bonds is 3. The van der Waals surface area contributed by atoms with Gasteiger partial charge in [-0.05, 0) is 17.6 Å². The first-order valence-corrected chi connectivity index (χ1v) is 3.92. The average Bonchev–Trinajstić information content (AvgIpc) is 2.27. The van der Waals surface area contributed by atoms with Crippen molar-refractivity contribution in [3.05, 3.63) is 34.7 Å². The Balaban J connectivity index is 2.88. The van der Waals surface area contributed by atoms with Crippen LogP contribution in [0.3, 0.4) is 0 Å². The van der Waals surface area contributed by atoms with Crippen LogP contribution in [0.4, 0.5) is 0 Å². The van der Waals surface area contributed by atoms with Gasteiger partial charge in [-0.1, -0.05) is 17.2 Å². The SMILES string of the molecule is COC(=N)c1ccc(B(O)N=O)cc1. The molecule has 0 unspecified atom stereocenters. The highest BCUT2D eigenvalue weighted by Crippen LogP contribution is 1.99. The summed E-state index contributed by atoms with van der Waals surface area (Å²) in [5, 5.41) is 18.9. The Labute approximate surface area is 81.3 Å². The molecule has 1 rings (SSSR count). The van der Waals surface area contributed by atoms with Crippen LogP contribution in [-0.4, -0.2) is 25.1 Å². The highest BCUT2D eigenvalue weighted by atomic mass is 16.5. The highest BCUT2D eigenvalue weighted by molar-refractivity contribution is 6.64. The molecule has 1 aromatic rings. The summed E-state index contributed by atoms with van der Waals surface area (Å²) < 4.78 is 4.70. The van der Waals surface area contributed by atoms with E-state index in [9.17, 15) is 4.91 Å². The molecule has 2 N–H and O–H groups in total. The predicted molar refractivity (Wildman–Crippen MR) is 53.7 cm³/mol. The lowest BCUT2D eigenvalue weighted by Crippen LogP contribution is -2.27. The van der Waals surface area contributed by atoms with Gasteiger partial charge < -0.3 is 9.76 Å². The molecule has 0 heterocycles. The van der Waals surface area contributed by atoms with Gasteiger partial charge in [0, 0.05) is 5.56 Å². The molecule has 0 aliphatic carbocycles. The van der Waals surface area contributed by atoms with E-state index >= 15 is 0 Å². The van der Waals surface area contributed by atoms with Crippen LogP contribution in [0.1, 0.15) is 5.56 Å². The van der Waals surface area contributed by atoms with Gasteiger partial charge in [-0.25, -0.2) is 0 Å². The van der Waals surface area contributed by atoms with E-state index in [4.69, 9.17) is 15.2 Å². The number of nitroso groups, excluding NO2 is 1. The van der Waals surface area contributed by atoms with E-state index in [1.54, 1.807) is 12.1 Å². The maximum absolute atomic E-state index is 10.0. The highest BCUT2D eigenvalue weighted by Gasteiger charge is 2.15. The van der Waals surface area contributed by atoms with E-state index in [1.807, 2.05) is 0 Å². The molecule has 1 aromatic carbocycles. The Kier molecular flexibility index (Phi) is 3.36. The molecule has 0 amide bonds. The minimum atomic E-state index is -1.35. The summed E-state index contributed by atoms with van der Waals surface area (Å²) >= 11 is 0. The fraction of sp³-hybridized carbons (Fsp3) is 0.125. The van der Waals surface area contributed by atoms with E-state index in [0.29, 0.717) is 11.0 Å². The monoisotopic (exact) mass is 192 g/mol. The normalized spacial score (nSPS) is 9.29. The molecule has 0 bridgehead atoms. The molecule has 5 nitrogen and oxygen atoms in total. The first-order chi connectivity index (χ1) is 6.69. The van der Waals surface area contributed by atoms with E-state index in [-0.39, 0.29) is 5.90 Å². The molecule has 0 radical (unpaired) electrons. The number of hydrogen-bond donors (Lipinski definition) is 2. The van der Waals surface area contributed by atoms with Crippen molar-refractivity contribution in [1.82, 2.24) is 0 Å². The van der Waals surface area contributed by atoms with Crippen LogP contribution in [0.5, 0.6) is 0 Å². The van der Waals surface area contributed by atoms with Gasteiger partial charge in [0.1, 0.15) is 0 Å². The Morgan fingerprint density at radius 2 is 2.07 bits per heavy atom. The quantitative estimate of drug-likeness (QED) is 0.308. The number of ether oxygens (including phenoxy) is 1. The zero-order valence-electron chi connectivity index (χ0n) is 7.60. The second kappa shape index (κ2) is 4.52. The zero-order valence-corrected chi connectivity index (χ0v) is 7.60. The van der Waals surface area contributed by atoms with Crippen molar-refractivity contribution in [2.45, 2.75) is 0 Å². The topological polar surface area (TPSA) is 82.7 Å². The molecule has 0 aromatic heterocycles. The maximum atomic E-state index is 10.0. The predicted octanol–water partition coefficient (Wildman–Crippen LogP) is 0.112. The molecule has 0 atom stereocenters. The minimum Gasteiger partial charge on any atom is -0.481 e. The second-order valence-electron chi connectivity index (χ2n) is 2.63. The van der Waals surface area contributed by atoms with Crippen LogP contribution in [-0.2, 0) is 4.74 Å². The van der Waals surface area contributed by atoms with Gasteiger partial charge in [-0.2, -0.15) is 4.91 Å². The third-order valence-electron chi connectivity index (χ3n) is 1.77. The molecule has 14 heavy (non-hydrogen) atoms. The van der Waals surface area contributed by atoms with E-state index in [2.05, 4.69) is 5.09 Å². The van der Waals surface area contributed by atoms with Crippen LogP contribution in [0.25, 0.3) is 0 Å². The number of benzene rings is 1. The van der Waals surface area contributed by atoms with Crippen molar-refractivity contribution < 1.29 is 9.76 Å². The molecule has 0 spiro atoms. The molecule has 0 aliphatic rings. The summed E-state index contributed by atoms with van der Waals surface area (Å²) in [6.07, 6.45) is 0. The van der Waals surface area contributed by atoms with Gasteiger partial charge in [0.2, 0.25) is 5.90 Å². The molecular weight excluding hydrogens is 183 g/mol. The smallest absolute Gasteiger partial charge is 0.481 e. The van der Waals surface area contributed by atoms with Gasteiger partial charge in [-0.3, -0.25) is 5.41 Å². The van der Waals surface area contributed by atoms with E-state index in [1.165, 1.54) is 19.2 Å². The van der Waals surface area contributed by atoms with Crippen LogP contribution in [0, 0.1) is 10.3 Å². The van der Waals surface area contributed by atoms with Gasteiger partial charge in [0.25, 0.3) is 0 Å². The van der Waals surface area contributed by atoms with Crippen molar-refractivity contribution in [2.75, 3.05) is 7.11 Å². The maximum Gasteiger partial charge on any atom is 0.517 e. The lowest BCUT2D eigenvalue weighted by molar-refractivity contribution is 0.401. The second-order valence-corrected chi connectivity index (χ2v) is 2.63. The van der Waals surface area contributed by atoms with Crippen LogP contribution in [0.2, 0.25) is 0 Å². The Morgan fingerprint density at radius 3 is 2.50 bits per heavy atom. The van der Waals surface area contributed by atoms with Gasteiger partial charge in [-0.15, -0.1) is 0 Å². The lowest BCUT2D eigenvalue weighted by atomic mass is 9.76. The first kappa shape index (κ1) is 10.4. The summed E-state index contributed by atoms with van der Waals surface area (Å²) in [7, 11) is 0.0544. The van der Waals surface area contributed by atoms with Gasteiger partial charge in [0.15, 0.2) is 0 Å². The van der Waals surface area contributed by atoms with Crippen LogP contribution >= 0.6 is 0 Å². The fourth-order valence-electron chi connectivity index (χ4n) is 0.985. The van der Waals surface area contributed by atoms with Gasteiger partial charge in [0.05, 0.1) is 7.11 Å². The Hall–Kier alpha value is -1.69. The van der Waals surface area contributed by atoms with Crippen molar-refractivity contribution in [3.63, 3.8) is 0 Å². The number of methoxy groups -OCH3 is 1. The largest absolute Gasteiger partial charge is 0.517 e. The zero-order chi connectivity index (χ0) is 10.6. The molecule has 72 valence electrons.